The van der Waals surface area contributed by atoms with Crippen LogP contribution in [-0.2, 0) is 9.05 Å². The highest BCUT2D eigenvalue weighted by atomic mass is 35.7. The molecule has 6 heteroatoms. The summed E-state index contributed by atoms with van der Waals surface area (Å²) in [5.41, 5.74) is 1.14. The molecular weight excluding hydrogens is 288 g/mol. The summed E-state index contributed by atoms with van der Waals surface area (Å²) >= 11 is 0. The van der Waals surface area contributed by atoms with Crippen molar-refractivity contribution in [2.24, 2.45) is 0 Å². The highest BCUT2D eigenvalue weighted by Crippen LogP contribution is 2.36. The van der Waals surface area contributed by atoms with Gasteiger partial charge in [-0.1, -0.05) is 18.2 Å². The third-order valence-corrected chi connectivity index (χ3v) is 4.27. The van der Waals surface area contributed by atoms with Gasteiger partial charge in [-0.2, -0.15) is 0 Å². The first kappa shape index (κ1) is 12.3. The molecule has 0 spiro atoms. The Labute approximate surface area is 114 Å². The van der Waals surface area contributed by atoms with Gasteiger partial charge in [0.1, 0.15) is 21.8 Å². The van der Waals surface area contributed by atoms with Crippen LogP contribution >= 0.6 is 10.7 Å². The number of para-hydroxylation sites is 1. The molecule has 1 aromatic heterocycles. The minimum Gasteiger partial charge on any atom is -0.495 e. The van der Waals surface area contributed by atoms with Gasteiger partial charge in [0.05, 0.1) is 7.11 Å². The van der Waals surface area contributed by atoms with Gasteiger partial charge in [-0.25, -0.2) is 8.42 Å². The van der Waals surface area contributed by atoms with Crippen LogP contribution in [0.15, 0.2) is 45.7 Å². The van der Waals surface area contributed by atoms with Gasteiger partial charge < -0.3 is 9.15 Å². The normalized spacial score (nSPS) is 12.1. The zero-order chi connectivity index (χ0) is 13.6. The van der Waals surface area contributed by atoms with Crippen LogP contribution in [0.1, 0.15) is 0 Å². The number of ether oxygens (including phenoxy) is 1. The fraction of sp³-hybridized carbons (Fsp3) is 0.0769. The molecule has 19 heavy (non-hydrogen) atoms. The molecule has 0 aliphatic carbocycles. The van der Waals surface area contributed by atoms with Gasteiger partial charge in [-0.15, -0.1) is 0 Å². The number of methoxy groups -OCH3 is 1. The van der Waals surface area contributed by atoms with E-state index in [1.807, 2.05) is 24.3 Å². The average molecular weight is 297 g/mol. The molecule has 0 N–H and O–H groups in total. The van der Waals surface area contributed by atoms with Crippen LogP contribution in [0.5, 0.6) is 5.75 Å². The van der Waals surface area contributed by atoms with Gasteiger partial charge >= 0.3 is 0 Å². The van der Waals surface area contributed by atoms with Crippen LogP contribution in [-0.4, -0.2) is 15.5 Å². The average Bonchev–Trinajstić information content (AvgIpc) is 2.73. The van der Waals surface area contributed by atoms with Crippen molar-refractivity contribution in [1.82, 2.24) is 0 Å². The first-order valence-electron chi connectivity index (χ1n) is 5.44. The van der Waals surface area contributed by atoms with E-state index in [2.05, 4.69) is 0 Å². The predicted molar refractivity (Wildman–Crippen MR) is 73.3 cm³/mol. The number of fused-ring (bicyclic) bond motifs is 3. The summed E-state index contributed by atoms with van der Waals surface area (Å²) in [6.07, 6.45) is 0. The minimum absolute atomic E-state index is 0.0942. The van der Waals surface area contributed by atoms with Crippen molar-refractivity contribution in [1.29, 1.82) is 0 Å². The molecule has 1 heterocycles. The highest BCUT2D eigenvalue weighted by molar-refractivity contribution is 8.13. The molecule has 98 valence electrons. The lowest BCUT2D eigenvalue weighted by molar-refractivity contribution is 0.403. The lowest BCUT2D eigenvalue weighted by Gasteiger charge is -2.05. The van der Waals surface area contributed by atoms with Crippen LogP contribution in [0, 0.1) is 0 Å². The summed E-state index contributed by atoms with van der Waals surface area (Å²) in [6.45, 7) is 0. The zero-order valence-electron chi connectivity index (χ0n) is 9.88. The molecule has 0 aliphatic heterocycles. The molecule has 0 saturated carbocycles. The van der Waals surface area contributed by atoms with Gasteiger partial charge in [-0.05, 0) is 12.1 Å². The molecule has 0 aliphatic rings. The number of furan rings is 1. The second-order valence-corrected chi connectivity index (χ2v) is 6.57. The van der Waals surface area contributed by atoms with Gasteiger partial charge in [0.25, 0.3) is 9.05 Å². The fourth-order valence-corrected chi connectivity index (χ4v) is 3.08. The summed E-state index contributed by atoms with van der Waals surface area (Å²) in [4.78, 5) is -0.0942. The summed E-state index contributed by atoms with van der Waals surface area (Å²) in [6, 6.07) is 10.5. The fourth-order valence-electron chi connectivity index (χ4n) is 2.08. The van der Waals surface area contributed by atoms with E-state index in [4.69, 9.17) is 19.8 Å². The summed E-state index contributed by atoms with van der Waals surface area (Å²) < 4.78 is 33.7. The van der Waals surface area contributed by atoms with Crippen molar-refractivity contribution in [3.05, 3.63) is 36.4 Å². The molecule has 0 atom stereocenters. The molecule has 0 unspecified atom stereocenters. The molecule has 4 nitrogen and oxygen atoms in total. The predicted octanol–water partition coefficient (Wildman–Crippen LogP) is 3.52. The van der Waals surface area contributed by atoms with Gasteiger partial charge in [0, 0.05) is 27.5 Å². The number of halogens is 1. The van der Waals surface area contributed by atoms with E-state index in [1.165, 1.54) is 13.2 Å². The van der Waals surface area contributed by atoms with Crippen molar-refractivity contribution in [2.75, 3.05) is 7.11 Å². The van der Waals surface area contributed by atoms with Crippen molar-refractivity contribution in [2.45, 2.75) is 4.90 Å². The van der Waals surface area contributed by atoms with Crippen LogP contribution in [0.2, 0.25) is 0 Å². The largest absolute Gasteiger partial charge is 0.495 e. The number of hydrogen-bond donors (Lipinski definition) is 0. The Kier molecular flexibility index (Phi) is 2.69. The van der Waals surface area contributed by atoms with Crippen molar-refractivity contribution in [3.8, 4) is 5.75 Å². The second kappa shape index (κ2) is 4.15. The van der Waals surface area contributed by atoms with Crippen molar-refractivity contribution < 1.29 is 17.6 Å². The standard InChI is InChI=1S/C13H9ClO4S/c1-17-12-6-9-8-4-2-3-5-10(8)18-11(9)7-13(12)19(14,15)16/h2-7H,1H3. The molecule has 0 bridgehead atoms. The lowest BCUT2D eigenvalue weighted by Crippen LogP contribution is -1.95. The maximum atomic E-state index is 11.5. The first-order chi connectivity index (χ1) is 9.00. The Bertz CT molecular complexity index is 880. The Hall–Kier alpha value is -1.72. The van der Waals surface area contributed by atoms with E-state index in [0.29, 0.717) is 11.2 Å². The van der Waals surface area contributed by atoms with E-state index in [1.54, 1.807) is 6.07 Å². The Balaban J connectivity index is 2.47. The molecule has 0 radical (unpaired) electrons. The third kappa shape index (κ3) is 1.95. The molecular formula is C13H9ClO4S. The molecule has 2 aromatic carbocycles. The molecule has 0 saturated heterocycles. The van der Waals surface area contributed by atoms with Crippen LogP contribution in [0.25, 0.3) is 21.9 Å². The number of benzene rings is 2. The van der Waals surface area contributed by atoms with Crippen molar-refractivity contribution in [3.63, 3.8) is 0 Å². The maximum Gasteiger partial charge on any atom is 0.265 e. The molecule has 3 aromatic rings. The summed E-state index contributed by atoms with van der Waals surface area (Å²) in [5.74, 6) is 0.203. The SMILES string of the molecule is COc1cc2c(cc1S(=O)(=O)Cl)oc1ccccc12. The summed E-state index contributed by atoms with van der Waals surface area (Å²) in [7, 11) is 2.90. The van der Waals surface area contributed by atoms with Crippen LogP contribution in [0.4, 0.5) is 0 Å². The summed E-state index contributed by atoms with van der Waals surface area (Å²) in [5, 5.41) is 1.69. The number of hydrogen-bond acceptors (Lipinski definition) is 4. The topological polar surface area (TPSA) is 56.5 Å². The maximum absolute atomic E-state index is 11.5. The Morgan fingerprint density at radius 3 is 2.53 bits per heavy atom. The van der Waals surface area contributed by atoms with E-state index >= 15 is 0 Å². The quantitative estimate of drug-likeness (QED) is 0.679. The third-order valence-electron chi connectivity index (χ3n) is 2.93. The van der Waals surface area contributed by atoms with Crippen molar-refractivity contribution >= 4 is 41.7 Å². The van der Waals surface area contributed by atoms with Crippen LogP contribution in [0.3, 0.4) is 0 Å². The van der Waals surface area contributed by atoms with Gasteiger partial charge in [-0.3, -0.25) is 0 Å². The van der Waals surface area contributed by atoms with E-state index in [-0.39, 0.29) is 10.6 Å². The zero-order valence-corrected chi connectivity index (χ0v) is 11.5. The smallest absolute Gasteiger partial charge is 0.265 e. The minimum atomic E-state index is -3.89. The number of rotatable bonds is 2. The van der Waals surface area contributed by atoms with E-state index in [0.717, 1.165) is 10.8 Å². The van der Waals surface area contributed by atoms with Crippen LogP contribution < -0.4 is 4.74 Å². The van der Waals surface area contributed by atoms with Gasteiger partial charge in [0.15, 0.2) is 0 Å². The lowest BCUT2D eigenvalue weighted by atomic mass is 10.1. The monoisotopic (exact) mass is 296 g/mol. The van der Waals surface area contributed by atoms with Gasteiger partial charge in [0.2, 0.25) is 0 Å². The van der Waals surface area contributed by atoms with E-state index < -0.39 is 9.05 Å². The second-order valence-electron chi connectivity index (χ2n) is 4.04. The first-order valence-corrected chi connectivity index (χ1v) is 7.75. The molecule has 0 fully saturated rings. The Morgan fingerprint density at radius 1 is 1.11 bits per heavy atom. The molecule has 0 amide bonds. The Morgan fingerprint density at radius 2 is 1.84 bits per heavy atom. The molecule has 3 rings (SSSR count). The highest BCUT2D eigenvalue weighted by Gasteiger charge is 2.20. The van der Waals surface area contributed by atoms with E-state index in [9.17, 15) is 8.42 Å².